The van der Waals surface area contributed by atoms with Crippen LogP contribution in [0.2, 0.25) is 0 Å². The molecule has 1 unspecified atom stereocenters. The monoisotopic (exact) mass is 276 g/mol. The minimum atomic E-state index is -3.52. The van der Waals surface area contributed by atoms with E-state index in [0.717, 1.165) is 12.7 Å². The van der Waals surface area contributed by atoms with E-state index in [1.54, 1.807) is 0 Å². The molecule has 0 spiro atoms. The van der Waals surface area contributed by atoms with E-state index >= 15 is 0 Å². The van der Waals surface area contributed by atoms with Crippen molar-refractivity contribution >= 4 is 17.6 Å². The Morgan fingerprint density at radius 3 is 2.56 bits per heavy atom. The number of carbonyl (C=O) groups excluding carboxylic acids is 1. The van der Waals surface area contributed by atoms with Crippen molar-refractivity contribution in [2.24, 2.45) is 0 Å². The summed E-state index contributed by atoms with van der Waals surface area (Å²) in [5.74, 6) is -5.05. The minimum Gasteiger partial charge on any atom is -0.465 e. The molecule has 1 atom stereocenters. The molecule has 0 bridgehead atoms. The van der Waals surface area contributed by atoms with Crippen molar-refractivity contribution in [1.82, 2.24) is 0 Å². The third-order valence-electron chi connectivity index (χ3n) is 2.55. The number of benzene rings is 1. The summed E-state index contributed by atoms with van der Waals surface area (Å²) in [5, 5.41) is -0.765. The molecule has 1 aromatic carbocycles. The van der Waals surface area contributed by atoms with Gasteiger partial charge < -0.3 is 4.74 Å². The number of hydrogen-bond acceptors (Lipinski definition) is 2. The predicted octanol–water partition coefficient (Wildman–Crippen LogP) is 3.43. The number of methoxy groups -OCH3 is 1. The molecular weight excluding hydrogens is 262 g/mol. The average molecular weight is 277 g/mol. The van der Waals surface area contributed by atoms with Crippen molar-refractivity contribution < 1.29 is 18.3 Å². The highest BCUT2D eigenvalue weighted by atomic mass is 35.5. The first-order chi connectivity index (χ1) is 8.45. The molecule has 18 heavy (non-hydrogen) atoms. The van der Waals surface area contributed by atoms with Crippen LogP contribution in [0.5, 0.6) is 0 Å². The van der Waals surface area contributed by atoms with Crippen molar-refractivity contribution in [2.75, 3.05) is 7.11 Å². The van der Waals surface area contributed by atoms with Gasteiger partial charge in [-0.05, 0) is 18.4 Å². The highest BCUT2D eigenvalue weighted by molar-refractivity contribution is 6.20. The van der Waals surface area contributed by atoms with Gasteiger partial charge in [-0.3, -0.25) is 0 Å². The summed E-state index contributed by atoms with van der Waals surface area (Å²) in [6.45, 7) is 0. The Hall–Kier alpha value is -1.16. The molecule has 0 amide bonds. The number of carbonyl (C=O) groups is 1. The zero-order chi connectivity index (χ0) is 13.6. The maximum absolute atomic E-state index is 13.2. The van der Waals surface area contributed by atoms with Crippen LogP contribution in [0.15, 0.2) is 30.3 Å². The Morgan fingerprint density at radius 1 is 1.39 bits per heavy atom. The normalized spacial score (nSPS) is 13.1. The van der Waals surface area contributed by atoms with Gasteiger partial charge >= 0.3 is 11.9 Å². The second-order valence-corrected chi connectivity index (χ2v) is 4.64. The molecule has 1 aromatic rings. The molecule has 0 heterocycles. The van der Waals surface area contributed by atoms with Crippen LogP contribution >= 0.6 is 11.6 Å². The second-order valence-electron chi connectivity index (χ2n) is 4.02. The molecule has 2 nitrogen and oxygen atoms in total. The third kappa shape index (κ3) is 4.61. The summed E-state index contributed by atoms with van der Waals surface area (Å²) in [6, 6.07) is 9.44. The van der Waals surface area contributed by atoms with Crippen LogP contribution in [0.1, 0.15) is 18.4 Å². The fourth-order valence-corrected chi connectivity index (χ4v) is 1.88. The van der Waals surface area contributed by atoms with E-state index in [0.29, 0.717) is 12.8 Å². The Labute approximate surface area is 110 Å². The topological polar surface area (TPSA) is 26.3 Å². The predicted molar refractivity (Wildman–Crippen MR) is 66.0 cm³/mol. The number of ether oxygens (including phenoxy) is 1. The van der Waals surface area contributed by atoms with Gasteiger partial charge in [0.15, 0.2) is 0 Å². The van der Waals surface area contributed by atoms with Crippen LogP contribution in [-0.2, 0) is 16.0 Å². The molecule has 0 radical (unpaired) electrons. The first-order valence-corrected chi connectivity index (χ1v) is 6.03. The van der Waals surface area contributed by atoms with Gasteiger partial charge in [0.1, 0.15) is 0 Å². The van der Waals surface area contributed by atoms with E-state index in [1.807, 2.05) is 30.3 Å². The zero-order valence-electron chi connectivity index (χ0n) is 10.0. The molecule has 0 N–H and O–H groups in total. The summed E-state index contributed by atoms with van der Waals surface area (Å²) in [7, 11) is 0.934. The van der Waals surface area contributed by atoms with Crippen LogP contribution in [0.25, 0.3) is 0 Å². The molecule has 0 fully saturated rings. The Kier molecular flexibility index (Phi) is 5.54. The van der Waals surface area contributed by atoms with Gasteiger partial charge in [0.25, 0.3) is 0 Å². The molecule has 0 aliphatic carbocycles. The number of halogens is 3. The first-order valence-electron chi connectivity index (χ1n) is 5.60. The van der Waals surface area contributed by atoms with E-state index in [4.69, 9.17) is 11.6 Å². The van der Waals surface area contributed by atoms with Crippen LogP contribution < -0.4 is 0 Å². The largest absolute Gasteiger partial charge is 0.465 e. The Bertz CT molecular complexity index is 382. The fraction of sp³-hybridized carbons (Fsp3) is 0.462. The van der Waals surface area contributed by atoms with Crippen molar-refractivity contribution in [3.8, 4) is 0 Å². The Balaban J connectivity index is 2.42. The summed E-state index contributed by atoms with van der Waals surface area (Å²) < 4.78 is 30.5. The highest BCUT2D eigenvalue weighted by Gasteiger charge is 2.41. The maximum Gasteiger partial charge on any atom is 0.376 e. The second kappa shape index (κ2) is 6.69. The summed E-state index contributed by atoms with van der Waals surface area (Å²) in [4.78, 5) is 10.8. The van der Waals surface area contributed by atoms with Crippen molar-refractivity contribution in [3.63, 3.8) is 0 Å². The Morgan fingerprint density at radius 2 is 2.00 bits per heavy atom. The van der Waals surface area contributed by atoms with E-state index in [1.165, 1.54) is 0 Å². The SMILES string of the molecule is COC(=O)C(F)(F)CC(Cl)CCc1ccccc1. The molecule has 0 aromatic heterocycles. The van der Waals surface area contributed by atoms with Gasteiger partial charge in [0, 0.05) is 11.8 Å². The standard InChI is InChI=1S/C13H15ClF2O2/c1-18-12(17)13(15,16)9-11(14)8-7-10-5-3-2-4-6-10/h2-6,11H,7-9H2,1H3. The minimum absolute atomic E-state index is 0.387. The van der Waals surface area contributed by atoms with E-state index in [2.05, 4.69) is 4.74 Å². The molecule has 100 valence electrons. The number of alkyl halides is 3. The fourth-order valence-electron chi connectivity index (χ4n) is 1.58. The molecule has 0 saturated heterocycles. The molecule has 0 aliphatic rings. The van der Waals surface area contributed by atoms with Crippen molar-refractivity contribution in [1.29, 1.82) is 0 Å². The van der Waals surface area contributed by atoms with Gasteiger partial charge in [0.2, 0.25) is 0 Å². The van der Waals surface area contributed by atoms with Gasteiger partial charge in [-0.15, -0.1) is 11.6 Å². The quantitative estimate of drug-likeness (QED) is 0.588. The molecule has 0 saturated carbocycles. The third-order valence-corrected chi connectivity index (χ3v) is 2.92. The number of rotatable bonds is 6. The molecule has 5 heteroatoms. The summed E-state index contributed by atoms with van der Waals surface area (Å²) in [6.07, 6.45) is 0.290. The zero-order valence-corrected chi connectivity index (χ0v) is 10.8. The lowest BCUT2D eigenvalue weighted by Crippen LogP contribution is -2.32. The van der Waals surface area contributed by atoms with Gasteiger partial charge in [-0.2, -0.15) is 8.78 Å². The van der Waals surface area contributed by atoms with Crippen molar-refractivity contribution in [3.05, 3.63) is 35.9 Å². The molecule has 1 rings (SSSR count). The van der Waals surface area contributed by atoms with E-state index in [-0.39, 0.29) is 0 Å². The number of esters is 1. The smallest absolute Gasteiger partial charge is 0.376 e. The van der Waals surface area contributed by atoms with Crippen LogP contribution in [0.3, 0.4) is 0 Å². The lowest BCUT2D eigenvalue weighted by atomic mass is 10.0. The highest BCUT2D eigenvalue weighted by Crippen LogP contribution is 2.26. The molecule has 0 aliphatic heterocycles. The van der Waals surface area contributed by atoms with E-state index < -0.39 is 23.7 Å². The van der Waals surface area contributed by atoms with Gasteiger partial charge in [-0.1, -0.05) is 30.3 Å². The summed E-state index contributed by atoms with van der Waals surface area (Å²) in [5.41, 5.74) is 1.03. The van der Waals surface area contributed by atoms with E-state index in [9.17, 15) is 13.6 Å². The van der Waals surface area contributed by atoms with Crippen molar-refractivity contribution in [2.45, 2.75) is 30.6 Å². The lowest BCUT2D eigenvalue weighted by molar-refractivity contribution is -0.169. The first kappa shape index (κ1) is 14.9. The maximum atomic E-state index is 13.2. The lowest BCUT2D eigenvalue weighted by Gasteiger charge is -2.17. The van der Waals surface area contributed by atoms with Gasteiger partial charge in [-0.25, -0.2) is 4.79 Å². The van der Waals surface area contributed by atoms with Crippen LogP contribution in [0.4, 0.5) is 8.78 Å². The molecular formula is C13H15ClF2O2. The number of aryl methyl sites for hydroxylation is 1. The summed E-state index contributed by atoms with van der Waals surface area (Å²) >= 11 is 5.83. The van der Waals surface area contributed by atoms with Crippen LogP contribution in [0, 0.1) is 0 Å². The average Bonchev–Trinajstić information content (AvgIpc) is 2.36. The van der Waals surface area contributed by atoms with Gasteiger partial charge in [0.05, 0.1) is 7.11 Å². The number of hydrogen-bond donors (Lipinski definition) is 0. The van der Waals surface area contributed by atoms with Crippen LogP contribution in [-0.4, -0.2) is 24.4 Å².